The van der Waals surface area contributed by atoms with E-state index in [0.717, 1.165) is 22.6 Å². The van der Waals surface area contributed by atoms with Gasteiger partial charge in [-0.15, -0.1) is 0 Å². The van der Waals surface area contributed by atoms with Crippen LogP contribution in [0.2, 0.25) is 0 Å². The summed E-state index contributed by atoms with van der Waals surface area (Å²) in [5.74, 6) is 1.31. The number of benzene rings is 3. The molecule has 0 fully saturated rings. The van der Waals surface area contributed by atoms with Gasteiger partial charge < -0.3 is 29.2 Å². The summed E-state index contributed by atoms with van der Waals surface area (Å²) in [7, 11) is 1.58. The van der Waals surface area contributed by atoms with Crippen LogP contribution in [-0.2, 0) is 22.6 Å². The van der Waals surface area contributed by atoms with Crippen LogP contribution in [0.1, 0.15) is 22.9 Å². The first kappa shape index (κ1) is 27.0. The molecule has 1 aromatic heterocycles. The van der Waals surface area contributed by atoms with Crippen LogP contribution in [0, 0.1) is 0 Å². The van der Waals surface area contributed by atoms with Gasteiger partial charge in [-0.2, -0.15) is 0 Å². The van der Waals surface area contributed by atoms with Gasteiger partial charge in [-0.1, -0.05) is 60.7 Å². The minimum absolute atomic E-state index is 0.0542. The Morgan fingerprint density at radius 1 is 0.900 bits per heavy atom. The highest BCUT2D eigenvalue weighted by atomic mass is 16.5. The van der Waals surface area contributed by atoms with Crippen LogP contribution in [0.15, 0.2) is 103 Å². The van der Waals surface area contributed by atoms with Crippen molar-refractivity contribution in [1.29, 1.82) is 0 Å². The maximum absolute atomic E-state index is 13.9. The molecule has 1 N–H and O–H groups in total. The van der Waals surface area contributed by atoms with Gasteiger partial charge in [0.15, 0.2) is 0 Å². The van der Waals surface area contributed by atoms with Crippen LogP contribution in [0.3, 0.4) is 0 Å². The molecule has 3 amide bonds. The van der Waals surface area contributed by atoms with Crippen molar-refractivity contribution in [3.8, 4) is 11.5 Å². The summed E-state index contributed by atoms with van der Waals surface area (Å²) < 4.78 is 13.5. The maximum Gasteiger partial charge on any atom is 0.318 e. The van der Waals surface area contributed by atoms with Crippen LogP contribution in [0.25, 0.3) is 0 Å². The average Bonchev–Trinajstić information content (AvgIpc) is 3.48. The van der Waals surface area contributed by atoms with Gasteiger partial charge in [0.05, 0.1) is 12.6 Å². The second kappa shape index (κ2) is 13.0. The third-order valence-corrected chi connectivity index (χ3v) is 6.98. The van der Waals surface area contributed by atoms with Crippen molar-refractivity contribution in [3.05, 3.63) is 120 Å². The lowest BCUT2D eigenvalue weighted by molar-refractivity contribution is -0.134. The normalized spacial score (nSPS) is 14.3. The van der Waals surface area contributed by atoms with Gasteiger partial charge in [0.2, 0.25) is 5.91 Å². The predicted molar refractivity (Wildman–Crippen MR) is 153 cm³/mol. The summed E-state index contributed by atoms with van der Waals surface area (Å²) in [5.41, 5.74) is 2.95. The zero-order chi connectivity index (χ0) is 27.7. The fourth-order valence-electron chi connectivity index (χ4n) is 4.97. The zero-order valence-corrected chi connectivity index (χ0v) is 22.6. The molecule has 40 heavy (non-hydrogen) atoms. The molecule has 206 valence electrons. The molecule has 1 aliphatic heterocycles. The first-order valence-corrected chi connectivity index (χ1v) is 13.5. The summed E-state index contributed by atoms with van der Waals surface area (Å²) in [5, 5.41) is 2.94. The number of aromatic nitrogens is 1. The smallest absolute Gasteiger partial charge is 0.318 e. The summed E-state index contributed by atoms with van der Waals surface area (Å²) in [6.45, 7) is 2.17. The van der Waals surface area contributed by atoms with Crippen molar-refractivity contribution in [1.82, 2.24) is 19.7 Å². The summed E-state index contributed by atoms with van der Waals surface area (Å²) >= 11 is 0. The molecule has 0 bridgehead atoms. The van der Waals surface area contributed by atoms with Crippen LogP contribution < -0.4 is 10.1 Å². The SMILES string of the molecule is COCCN(CC(=O)N1CCn2cccc2C1c1cccc(Oc2ccccc2)c1)C(=O)NCc1ccccc1. The molecule has 5 rings (SSSR count). The molecule has 0 saturated heterocycles. The van der Waals surface area contributed by atoms with Crippen molar-refractivity contribution in [2.75, 3.05) is 33.4 Å². The third-order valence-electron chi connectivity index (χ3n) is 6.98. The highest BCUT2D eigenvalue weighted by molar-refractivity contribution is 5.84. The van der Waals surface area contributed by atoms with Gasteiger partial charge in [-0.3, -0.25) is 4.79 Å². The molecule has 8 heteroatoms. The lowest BCUT2D eigenvalue weighted by atomic mass is 9.99. The van der Waals surface area contributed by atoms with Crippen molar-refractivity contribution < 1.29 is 19.1 Å². The Morgan fingerprint density at radius 2 is 1.65 bits per heavy atom. The average molecular weight is 539 g/mol. The highest BCUT2D eigenvalue weighted by Crippen LogP contribution is 2.35. The summed E-state index contributed by atoms with van der Waals surface area (Å²) in [6, 6.07) is 30.6. The number of rotatable bonds is 10. The Bertz CT molecular complexity index is 1410. The van der Waals surface area contributed by atoms with E-state index >= 15 is 0 Å². The lowest BCUT2D eigenvalue weighted by Crippen LogP contribution is -2.50. The maximum atomic E-state index is 13.9. The minimum Gasteiger partial charge on any atom is -0.457 e. The number of nitrogens with zero attached hydrogens (tertiary/aromatic N) is 3. The van der Waals surface area contributed by atoms with E-state index in [0.29, 0.717) is 38.5 Å². The number of fused-ring (bicyclic) bond motifs is 1. The molecular formula is C32H34N4O4. The number of urea groups is 1. The van der Waals surface area contributed by atoms with E-state index in [9.17, 15) is 9.59 Å². The number of carbonyl (C=O) groups is 2. The van der Waals surface area contributed by atoms with Crippen molar-refractivity contribution in [2.45, 2.75) is 19.1 Å². The summed E-state index contributed by atoms with van der Waals surface area (Å²) in [6.07, 6.45) is 2.04. The molecule has 0 spiro atoms. The van der Waals surface area contributed by atoms with Crippen LogP contribution in [-0.4, -0.2) is 59.7 Å². The Labute approximate surface area is 234 Å². The second-order valence-corrected chi connectivity index (χ2v) is 9.66. The first-order valence-electron chi connectivity index (χ1n) is 13.5. The zero-order valence-electron chi connectivity index (χ0n) is 22.6. The molecule has 1 aliphatic rings. The van der Waals surface area contributed by atoms with Crippen molar-refractivity contribution in [3.63, 3.8) is 0 Å². The van der Waals surface area contributed by atoms with E-state index in [1.165, 1.54) is 4.90 Å². The predicted octanol–water partition coefficient (Wildman–Crippen LogP) is 5.07. The van der Waals surface area contributed by atoms with Gasteiger partial charge in [0.25, 0.3) is 0 Å². The third kappa shape index (κ3) is 6.52. The largest absolute Gasteiger partial charge is 0.457 e. The topological polar surface area (TPSA) is 76.0 Å². The molecular weight excluding hydrogens is 504 g/mol. The van der Waals surface area contributed by atoms with Crippen LogP contribution >= 0.6 is 0 Å². The van der Waals surface area contributed by atoms with Gasteiger partial charge in [0, 0.05) is 45.2 Å². The number of nitrogens with one attached hydrogen (secondary N) is 1. The van der Waals surface area contributed by atoms with Crippen molar-refractivity contribution >= 4 is 11.9 Å². The number of para-hydroxylation sites is 1. The Hall–Kier alpha value is -4.56. The molecule has 4 aromatic rings. The molecule has 0 saturated carbocycles. The minimum atomic E-state index is -0.313. The fourth-order valence-corrected chi connectivity index (χ4v) is 4.97. The van der Waals surface area contributed by atoms with Gasteiger partial charge in [0.1, 0.15) is 18.0 Å². The molecule has 2 heterocycles. The second-order valence-electron chi connectivity index (χ2n) is 9.66. The van der Waals surface area contributed by atoms with Gasteiger partial charge in [-0.05, 0) is 47.5 Å². The number of hydrogen-bond acceptors (Lipinski definition) is 4. The van der Waals surface area contributed by atoms with E-state index in [1.54, 1.807) is 7.11 Å². The number of methoxy groups -OCH3 is 1. The highest BCUT2D eigenvalue weighted by Gasteiger charge is 2.33. The van der Waals surface area contributed by atoms with Crippen LogP contribution in [0.5, 0.6) is 11.5 Å². The van der Waals surface area contributed by atoms with E-state index in [2.05, 4.69) is 9.88 Å². The number of amides is 3. The molecule has 3 aromatic carbocycles. The molecule has 8 nitrogen and oxygen atoms in total. The van der Waals surface area contributed by atoms with Gasteiger partial charge in [-0.25, -0.2) is 4.79 Å². The quantitative estimate of drug-likeness (QED) is 0.306. The molecule has 1 unspecified atom stereocenters. The monoisotopic (exact) mass is 538 g/mol. The number of hydrogen-bond donors (Lipinski definition) is 1. The summed E-state index contributed by atoms with van der Waals surface area (Å²) in [4.78, 5) is 30.4. The lowest BCUT2D eigenvalue weighted by Gasteiger charge is -2.38. The fraction of sp³-hybridized carbons (Fsp3) is 0.250. The Kier molecular flexibility index (Phi) is 8.78. The molecule has 1 atom stereocenters. The molecule has 0 aliphatic carbocycles. The Balaban J connectivity index is 1.35. The van der Waals surface area contributed by atoms with E-state index in [1.807, 2.05) is 108 Å². The Morgan fingerprint density at radius 3 is 2.42 bits per heavy atom. The van der Waals surface area contributed by atoms with Crippen LogP contribution in [0.4, 0.5) is 4.79 Å². The van der Waals surface area contributed by atoms with E-state index < -0.39 is 0 Å². The molecule has 0 radical (unpaired) electrons. The standard InChI is InChI=1S/C32H34N4O4/c1-39-21-20-35(32(38)33-23-25-10-4-2-5-11-25)24-30(37)36-19-18-34-17-9-16-29(34)31(36)26-12-8-15-28(22-26)40-27-13-6-3-7-14-27/h2-17,22,31H,18-21,23-24H2,1H3,(H,33,38). The van der Waals surface area contributed by atoms with E-state index in [-0.39, 0.29) is 24.5 Å². The number of ether oxygens (including phenoxy) is 2. The first-order chi connectivity index (χ1) is 19.6. The van der Waals surface area contributed by atoms with Crippen molar-refractivity contribution in [2.24, 2.45) is 0 Å². The number of carbonyl (C=O) groups excluding carboxylic acids is 2. The van der Waals surface area contributed by atoms with E-state index in [4.69, 9.17) is 9.47 Å². The van der Waals surface area contributed by atoms with Gasteiger partial charge >= 0.3 is 6.03 Å².